The lowest BCUT2D eigenvalue weighted by Crippen LogP contribution is -2.68. The molecule has 0 saturated carbocycles. The van der Waals surface area contributed by atoms with E-state index in [1.165, 1.54) is 38.1 Å². The van der Waals surface area contributed by atoms with E-state index in [9.17, 15) is 26.7 Å². The second kappa shape index (κ2) is 7.16. The zero-order valence-corrected chi connectivity index (χ0v) is 17.5. The third-order valence-electron chi connectivity index (χ3n) is 5.52. The van der Waals surface area contributed by atoms with Gasteiger partial charge in [0.25, 0.3) is 5.91 Å². The van der Waals surface area contributed by atoms with Crippen LogP contribution in [-0.4, -0.2) is 57.4 Å². The summed E-state index contributed by atoms with van der Waals surface area (Å²) < 4.78 is 65.7. The molecule has 10 heteroatoms. The van der Waals surface area contributed by atoms with Gasteiger partial charge in [0.05, 0.1) is 22.8 Å². The van der Waals surface area contributed by atoms with Crippen LogP contribution >= 0.6 is 0 Å². The summed E-state index contributed by atoms with van der Waals surface area (Å²) in [6, 6.07) is 4.82. The molecule has 6 nitrogen and oxygen atoms in total. The molecule has 0 spiro atoms. The zero-order chi connectivity index (χ0) is 21.8. The summed E-state index contributed by atoms with van der Waals surface area (Å²) in [5, 5.41) is -0.750. The molecule has 0 aliphatic carbocycles. The third kappa shape index (κ3) is 3.96. The normalized spacial score (nSPS) is 29.3. The van der Waals surface area contributed by atoms with Crippen LogP contribution in [0.1, 0.15) is 27.7 Å². The first-order valence-corrected chi connectivity index (χ1v) is 10.9. The van der Waals surface area contributed by atoms with Crippen LogP contribution in [-0.2, 0) is 19.2 Å². The highest BCUT2D eigenvalue weighted by Crippen LogP contribution is 2.42. The van der Waals surface area contributed by atoms with Gasteiger partial charge in [-0.25, -0.2) is 0 Å². The number of carbonyl (C=O) groups excluding carboxylic acids is 1. The van der Waals surface area contributed by atoms with E-state index in [-0.39, 0.29) is 18.2 Å². The number of ether oxygens (including phenoxy) is 1. The topological polar surface area (TPSA) is 72.9 Å². The first-order chi connectivity index (χ1) is 13.2. The van der Waals surface area contributed by atoms with Gasteiger partial charge >= 0.3 is 6.36 Å². The summed E-state index contributed by atoms with van der Waals surface area (Å²) in [5.41, 5.74) is 0.582. The van der Waals surface area contributed by atoms with Crippen LogP contribution < -0.4 is 9.64 Å². The molecule has 3 atom stereocenters. The predicted molar refractivity (Wildman–Crippen MR) is 102 cm³/mol. The van der Waals surface area contributed by atoms with Gasteiger partial charge in [-0.05, 0) is 44.0 Å². The van der Waals surface area contributed by atoms with Crippen molar-refractivity contribution in [2.75, 3.05) is 24.5 Å². The van der Waals surface area contributed by atoms with Crippen LogP contribution in [0.3, 0.4) is 0 Å². The smallest absolute Gasteiger partial charge is 0.573 e. The fraction of sp³-hybridized carbons (Fsp3) is 0.632. The number of hydrogen-bond acceptors (Lipinski definition) is 5. The average molecular weight is 434 g/mol. The van der Waals surface area contributed by atoms with Gasteiger partial charge in [-0.3, -0.25) is 4.79 Å². The number of halogens is 3. The van der Waals surface area contributed by atoms with Crippen molar-refractivity contribution in [1.82, 2.24) is 4.90 Å². The molecular weight excluding hydrogens is 409 g/mol. The number of carbonyl (C=O) groups is 1. The number of benzene rings is 1. The minimum absolute atomic E-state index is 0.170. The van der Waals surface area contributed by atoms with Crippen molar-refractivity contribution in [2.24, 2.45) is 5.92 Å². The van der Waals surface area contributed by atoms with Crippen molar-refractivity contribution in [2.45, 2.75) is 50.1 Å². The second-order valence-corrected chi connectivity index (χ2v) is 11.2. The summed E-state index contributed by atoms with van der Waals surface area (Å²) in [7, 11) is -3.74. The zero-order valence-electron chi connectivity index (χ0n) is 16.7. The minimum atomic E-state index is -4.78. The quantitative estimate of drug-likeness (QED) is 0.681. The number of rotatable bonds is 4. The fourth-order valence-electron chi connectivity index (χ4n) is 4.04. The van der Waals surface area contributed by atoms with E-state index in [4.69, 9.17) is 0 Å². The van der Waals surface area contributed by atoms with Crippen LogP contribution in [0.15, 0.2) is 24.3 Å². The summed E-state index contributed by atoms with van der Waals surface area (Å²) in [5.74, 6) is -0.574. The molecule has 1 aromatic rings. The number of fused-ring (bicyclic) bond motifs is 1. The highest BCUT2D eigenvalue weighted by molar-refractivity contribution is 8.00. The molecule has 1 unspecified atom stereocenters. The molecule has 2 fully saturated rings. The second-order valence-electron chi connectivity index (χ2n) is 8.46. The van der Waals surface area contributed by atoms with Gasteiger partial charge in [-0.15, -0.1) is 17.4 Å². The SMILES string of the molecule is CC(C)CN1C(=O)C(C)(C)[S+](=O)([O-])[C@@H]2CN(c3ccc(OC(F)(F)F)cc3)C[C@@H]21. The maximum atomic E-state index is 13.1. The van der Waals surface area contributed by atoms with E-state index in [0.717, 1.165) is 0 Å². The Labute approximate surface area is 169 Å². The Hall–Kier alpha value is -1.81. The molecule has 2 aliphatic heterocycles. The van der Waals surface area contributed by atoms with E-state index in [1.54, 1.807) is 9.80 Å². The van der Waals surface area contributed by atoms with E-state index >= 15 is 0 Å². The average Bonchev–Trinajstić information content (AvgIpc) is 3.03. The van der Waals surface area contributed by atoms with E-state index < -0.39 is 38.5 Å². The monoisotopic (exact) mass is 434 g/mol. The van der Waals surface area contributed by atoms with Gasteiger partial charge in [0.1, 0.15) is 5.75 Å². The van der Waals surface area contributed by atoms with Crippen LogP contribution in [0.2, 0.25) is 0 Å². The maximum Gasteiger partial charge on any atom is 0.573 e. The van der Waals surface area contributed by atoms with Crippen molar-refractivity contribution in [3.63, 3.8) is 0 Å². The molecule has 0 N–H and O–H groups in total. The number of alkyl halides is 3. The molecule has 3 rings (SSSR count). The lowest BCUT2D eigenvalue weighted by Gasteiger charge is -2.47. The largest absolute Gasteiger partial charge is 0.614 e. The molecule has 2 heterocycles. The van der Waals surface area contributed by atoms with E-state index in [2.05, 4.69) is 4.74 Å². The Morgan fingerprint density at radius 2 is 1.83 bits per heavy atom. The molecule has 162 valence electrons. The van der Waals surface area contributed by atoms with Crippen molar-refractivity contribution >= 4 is 21.8 Å². The first-order valence-electron chi connectivity index (χ1n) is 9.39. The van der Waals surface area contributed by atoms with Crippen LogP contribution in [0.25, 0.3) is 0 Å². The predicted octanol–water partition coefficient (Wildman–Crippen LogP) is 3.05. The van der Waals surface area contributed by atoms with Crippen LogP contribution in [0.5, 0.6) is 5.75 Å². The molecule has 0 bridgehead atoms. The van der Waals surface area contributed by atoms with Gasteiger partial charge in [0.15, 0.2) is 5.25 Å². The maximum absolute atomic E-state index is 13.1. The van der Waals surface area contributed by atoms with Gasteiger partial charge in [-0.2, -0.15) is 0 Å². The number of hydrogen-bond donors (Lipinski definition) is 0. The standard InChI is InChI=1S/C19H25F3N2O4S/c1-12(2)9-24-15-10-23(11-16(15)29(26,27)18(3,4)17(24)25)13-5-7-14(8-6-13)28-19(20,21)22/h5-8,12,15-16H,9-11H2,1-4H3/t15-,16+/m0/s1. The number of sulfone groups is 1. The molecule has 0 radical (unpaired) electrons. The number of amides is 1. The van der Waals surface area contributed by atoms with Crippen molar-refractivity contribution in [1.29, 1.82) is 0 Å². The van der Waals surface area contributed by atoms with Crippen LogP contribution in [0, 0.1) is 5.92 Å². The Morgan fingerprint density at radius 1 is 1.24 bits per heavy atom. The van der Waals surface area contributed by atoms with Crippen LogP contribution in [0.4, 0.5) is 18.9 Å². The summed E-state index contributed by atoms with van der Waals surface area (Å²) in [6.45, 7) is 7.75. The third-order valence-corrected chi connectivity index (χ3v) is 8.38. The molecule has 1 amide bonds. The number of nitrogens with zero attached hydrogens (tertiary/aromatic N) is 2. The van der Waals surface area contributed by atoms with E-state index in [1.807, 2.05) is 13.8 Å². The van der Waals surface area contributed by atoms with Crippen molar-refractivity contribution in [3.05, 3.63) is 24.3 Å². The molecule has 0 aromatic heterocycles. The summed E-state index contributed by atoms with van der Waals surface area (Å²) in [4.78, 5) is 16.4. The molecule has 29 heavy (non-hydrogen) atoms. The van der Waals surface area contributed by atoms with Gasteiger partial charge in [0.2, 0.25) is 4.75 Å². The summed E-state index contributed by atoms with van der Waals surface area (Å²) >= 11 is 0. The highest BCUT2D eigenvalue weighted by atomic mass is 32.3. The lowest BCUT2D eigenvalue weighted by molar-refractivity contribution is -0.274. The Balaban J connectivity index is 1.88. The number of anilines is 1. The molecule has 2 saturated heterocycles. The Bertz CT molecular complexity index is 826. The molecular formula is C19H25F3N2O4S. The van der Waals surface area contributed by atoms with E-state index in [0.29, 0.717) is 18.8 Å². The van der Waals surface area contributed by atoms with Gasteiger partial charge < -0.3 is 19.1 Å². The molecule has 1 aromatic carbocycles. The van der Waals surface area contributed by atoms with Crippen molar-refractivity contribution < 1.29 is 31.5 Å². The lowest BCUT2D eigenvalue weighted by atomic mass is 10.1. The fourth-order valence-corrected chi connectivity index (χ4v) is 6.18. The van der Waals surface area contributed by atoms with Crippen molar-refractivity contribution in [3.8, 4) is 5.75 Å². The molecule has 2 aliphatic rings. The Kier molecular flexibility index (Phi) is 5.40. The van der Waals surface area contributed by atoms with Gasteiger partial charge in [-0.1, -0.05) is 13.8 Å². The first kappa shape index (κ1) is 21.9. The minimum Gasteiger partial charge on any atom is -0.614 e. The van der Waals surface area contributed by atoms with Gasteiger partial charge in [0, 0.05) is 18.8 Å². The summed E-state index contributed by atoms with van der Waals surface area (Å²) in [6.07, 6.45) is -4.78. The highest BCUT2D eigenvalue weighted by Gasteiger charge is 2.63. The Morgan fingerprint density at radius 3 is 2.34 bits per heavy atom.